The van der Waals surface area contributed by atoms with Gasteiger partial charge in [-0.15, -0.1) is 5.10 Å². The van der Waals surface area contributed by atoms with Crippen molar-refractivity contribution in [2.45, 2.75) is 32.4 Å². The molecule has 0 spiro atoms. The Balaban J connectivity index is 1.90. The molecule has 2 aromatic heterocycles. The molecular weight excluding hydrogens is 214 g/mol. The number of hydrogen-bond acceptors (Lipinski definition) is 4. The quantitative estimate of drug-likeness (QED) is 0.785. The number of nitrogens with zero attached hydrogens (tertiary/aromatic N) is 5. The summed E-state index contributed by atoms with van der Waals surface area (Å²) in [4.78, 5) is 6.85. The first kappa shape index (κ1) is 10.7. The molecule has 5 nitrogen and oxygen atoms in total. The average Bonchev–Trinajstić information content (AvgIpc) is 2.95. The Hall–Kier alpha value is -1.49. The van der Waals surface area contributed by atoms with Gasteiger partial charge in [0.25, 0.3) is 0 Å². The lowest BCUT2D eigenvalue weighted by Gasteiger charge is -2.20. The smallest absolute Gasteiger partial charge is 0.178 e. The number of aromatic nitrogens is 4. The summed E-state index contributed by atoms with van der Waals surface area (Å²) in [7, 11) is 0. The minimum absolute atomic E-state index is 0.414. The Labute approximate surface area is 100 Å². The van der Waals surface area contributed by atoms with Crippen molar-refractivity contribution in [1.29, 1.82) is 0 Å². The van der Waals surface area contributed by atoms with Crippen LogP contribution in [0.15, 0.2) is 18.3 Å². The summed E-state index contributed by atoms with van der Waals surface area (Å²) in [6, 6.07) is 4.87. The molecule has 3 rings (SSSR count). The average molecular weight is 231 g/mol. The van der Waals surface area contributed by atoms with Gasteiger partial charge in [0.1, 0.15) is 5.52 Å². The fourth-order valence-corrected chi connectivity index (χ4v) is 2.46. The predicted molar refractivity (Wildman–Crippen MR) is 65.7 cm³/mol. The van der Waals surface area contributed by atoms with Crippen molar-refractivity contribution in [3.05, 3.63) is 18.3 Å². The molecule has 2 aromatic rings. The monoisotopic (exact) mass is 231 g/mol. The van der Waals surface area contributed by atoms with Crippen LogP contribution in [0.4, 0.5) is 0 Å². The molecule has 1 aliphatic rings. The maximum Gasteiger partial charge on any atom is 0.178 e. The van der Waals surface area contributed by atoms with Crippen molar-refractivity contribution in [1.82, 2.24) is 24.9 Å². The summed E-state index contributed by atoms with van der Waals surface area (Å²) < 4.78 is 1.98. The standard InChI is InChI=1S/C12H17N5/c1-9(2)16-7-5-10(8-16)17-12-11(14-15-17)4-3-6-13-12/h3-4,6,9-10H,5,7-8H2,1-2H3. The van der Waals surface area contributed by atoms with E-state index in [2.05, 4.69) is 34.0 Å². The SMILES string of the molecule is CC(C)N1CCC(n2nnc3cccnc32)C1. The molecule has 1 unspecified atom stereocenters. The van der Waals surface area contributed by atoms with Crippen molar-refractivity contribution in [3.8, 4) is 0 Å². The molecule has 0 saturated carbocycles. The summed E-state index contributed by atoms with van der Waals surface area (Å²) in [6.45, 7) is 6.66. The first-order valence-corrected chi connectivity index (χ1v) is 6.15. The van der Waals surface area contributed by atoms with E-state index in [1.807, 2.05) is 16.8 Å². The van der Waals surface area contributed by atoms with E-state index in [1.54, 1.807) is 6.20 Å². The van der Waals surface area contributed by atoms with E-state index in [9.17, 15) is 0 Å². The van der Waals surface area contributed by atoms with Gasteiger partial charge in [0.15, 0.2) is 5.65 Å². The van der Waals surface area contributed by atoms with Crippen LogP contribution in [-0.4, -0.2) is 44.0 Å². The zero-order valence-corrected chi connectivity index (χ0v) is 10.2. The third kappa shape index (κ3) is 1.80. The molecule has 3 heterocycles. The second-order valence-corrected chi connectivity index (χ2v) is 4.91. The number of rotatable bonds is 2. The molecule has 0 bridgehead atoms. The van der Waals surface area contributed by atoms with Gasteiger partial charge >= 0.3 is 0 Å². The van der Waals surface area contributed by atoms with Crippen LogP contribution in [0.2, 0.25) is 0 Å². The van der Waals surface area contributed by atoms with E-state index < -0.39 is 0 Å². The van der Waals surface area contributed by atoms with Crippen LogP contribution >= 0.6 is 0 Å². The van der Waals surface area contributed by atoms with E-state index in [0.717, 1.165) is 30.7 Å². The van der Waals surface area contributed by atoms with Crippen molar-refractivity contribution in [2.75, 3.05) is 13.1 Å². The number of fused-ring (bicyclic) bond motifs is 1. The zero-order valence-electron chi connectivity index (χ0n) is 10.2. The Morgan fingerprint density at radius 1 is 1.41 bits per heavy atom. The van der Waals surface area contributed by atoms with Gasteiger partial charge in [-0.25, -0.2) is 9.67 Å². The van der Waals surface area contributed by atoms with Crippen molar-refractivity contribution in [2.24, 2.45) is 0 Å². The normalized spacial score (nSPS) is 21.7. The van der Waals surface area contributed by atoms with Crippen LogP contribution in [0.5, 0.6) is 0 Å². The summed E-state index contributed by atoms with van der Waals surface area (Å²) in [6.07, 6.45) is 2.94. The maximum absolute atomic E-state index is 4.38. The van der Waals surface area contributed by atoms with Crippen LogP contribution in [0.25, 0.3) is 11.2 Å². The number of hydrogen-bond donors (Lipinski definition) is 0. The maximum atomic E-state index is 4.38. The molecule has 0 N–H and O–H groups in total. The summed E-state index contributed by atoms with van der Waals surface area (Å²) >= 11 is 0. The van der Waals surface area contributed by atoms with E-state index >= 15 is 0 Å². The molecule has 17 heavy (non-hydrogen) atoms. The number of pyridine rings is 1. The molecular formula is C12H17N5. The summed E-state index contributed by atoms with van der Waals surface area (Å²) in [5.74, 6) is 0. The molecule has 1 atom stereocenters. The fraction of sp³-hybridized carbons (Fsp3) is 0.583. The highest BCUT2D eigenvalue weighted by molar-refractivity contribution is 5.68. The molecule has 1 saturated heterocycles. The van der Waals surface area contributed by atoms with Crippen LogP contribution in [-0.2, 0) is 0 Å². The highest BCUT2D eigenvalue weighted by Crippen LogP contribution is 2.24. The first-order chi connectivity index (χ1) is 8.25. The minimum atomic E-state index is 0.414. The van der Waals surface area contributed by atoms with Crippen molar-refractivity contribution >= 4 is 11.2 Å². The second kappa shape index (κ2) is 4.07. The zero-order chi connectivity index (χ0) is 11.8. The minimum Gasteiger partial charge on any atom is -0.299 e. The van der Waals surface area contributed by atoms with Crippen LogP contribution in [0, 0.1) is 0 Å². The van der Waals surface area contributed by atoms with Crippen molar-refractivity contribution in [3.63, 3.8) is 0 Å². The van der Waals surface area contributed by atoms with Gasteiger partial charge in [-0.3, -0.25) is 4.90 Å². The van der Waals surface area contributed by atoms with E-state index in [1.165, 1.54) is 0 Å². The largest absolute Gasteiger partial charge is 0.299 e. The lowest BCUT2D eigenvalue weighted by molar-refractivity contribution is 0.263. The molecule has 90 valence electrons. The van der Waals surface area contributed by atoms with Crippen LogP contribution in [0.1, 0.15) is 26.3 Å². The van der Waals surface area contributed by atoms with Gasteiger partial charge in [0.05, 0.1) is 6.04 Å². The van der Waals surface area contributed by atoms with Crippen LogP contribution in [0.3, 0.4) is 0 Å². The molecule has 1 aliphatic heterocycles. The third-order valence-corrected chi connectivity index (χ3v) is 3.50. The Kier molecular flexibility index (Phi) is 2.55. The predicted octanol–water partition coefficient (Wildman–Crippen LogP) is 1.48. The Morgan fingerprint density at radius 2 is 2.29 bits per heavy atom. The number of likely N-dealkylation sites (tertiary alicyclic amines) is 1. The van der Waals surface area contributed by atoms with E-state index in [-0.39, 0.29) is 0 Å². The highest BCUT2D eigenvalue weighted by atomic mass is 15.5. The molecule has 1 fully saturated rings. The molecule has 5 heteroatoms. The lowest BCUT2D eigenvalue weighted by Crippen LogP contribution is -2.28. The van der Waals surface area contributed by atoms with Crippen LogP contribution < -0.4 is 0 Å². The van der Waals surface area contributed by atoms with E-state index in [4.69, 9.17) is 0 Å². The summed E-state index contributed by atoms with van der Waals surface area (Å²) in [5.41, 5.74) is 1.79. The first-order valence-electron chi connectivity index (χ1n) is 6.15. The lowest BCUT2D eigenvalue weighted by atomic mass is 10.2. The topological polar surface area (TPSA) is 46.8 Å². The summed E-state index contributed by atoms with van der Waals surface area (Å²) in [5, 5.41) is 8.41. The van der Waals surface area contributed by atoms with E-state index in [0.29, 0.717) is 12.1 Å². The molecule has 0 radical (unpaired) electrons. The third-order valence-electron chi connectivity index (χ3n) is 3.50. The van der Waals surface area contributed by atoms with Gasteiger partial charge in [-0.2, -0.15) is 0 Å². The van der Waals surface area contributed by atoms with Gasteiger partial charge in [0.2, 0.25) is 0 Å². The van der Waals surface area contributed by atoms with Gasteiger partial charge in [0, 0.05) is 25.3 Å². The molecule has 0 aromatic carbocycles. The van der Waals surface area contributed by atoms with Gasteiger partial charge in [-0.05, 0) is 32.4 Å². The van der Waals surface area contributed by atoms with Crippen molar-refractivity contribution < 1.29 is 0 Å². The fourth-order valence-electron chi connectivity index (χ4n) is 2.46. The highest BCUT2D eigenvalue weighted by Gasteiger charge is 2.27. The molecule has 0 amide bonds. The Bertz CT molecular complexity index is 518. The second-order valence-electron chi connectivity index (χ2n) is 4.91. The molecule has 0 aliphatic carbocycles. The van der Waals surface area contributed by atoms with Gasteiger partial charge < -0.3 is 0 Å². The Morgan fingerprint density at radius 3 is 3.06 bits per heavy atom. The van der Waals surface area contributed by atoms with Gasteiger partial charge in [-0.1, -0.05) is 5.21 Å².